The zero-order chi connectivity index (χ0) is 23.8. The van der Waals surface area contributed by atoms with Crippen molar-refractivity contribution in [3.8, 4) is 0 Å². The maximum Gasteiger partial charge on any atom is 0.256 e. The minimum absolute atomic E-state index is 1.21. The second-order valence-electron chi connectivity index (χ2n) is 10.7. The smallest absolute Gasteiger partial charge is 0.237 e. The van der Waals surface area contributed by atoms with Crippen LogP contribution in [0.25, 0.3) is 0 Å². The Kier molecular flexibility index (Phi) is 21.1. The lowest BCUT2D eigenvalue weighted by Gasteiger charge is -2.05. The molecule has 0 amide bonds. The zero-order valence-corrected chi connectivity index (χ0v) is 23.2. The van der Waals surface area contributed by atoms with E-state index in [4.69, 9.17) is 0 Å². The highest BCUT2D eigenvalue weighted by atomic mass is 15.1. The summed E-state index contributed by atoms with van der Waals surface area (Å²) in [5, 5.41) is 0. The Morgan fingerprint density at radius 3 is 1.30 bits per heavy atom. The molecule has 0 bridgehead atoms. The van der Waals surface area contributed by atoms with Crippen molar-refractivity contribution < 1.29 is 4.57 Å². The highest BCUT2D eigenvalue weighted by Gasteiger charge is 2.13. The number of aryl methyl sites for hydroxylation is 2. The molecule has 0 saturated heterocycles. The molecule has 0 N–H and O–H groups in total. The molecule has 1 aromatic rings. The summed E-state index contributed by atoms with van der Waals surface area (Å²) in [7, 11) is 2.23. The summed E-state index contributed by atoms with van der Waals surface area (Å²) in [6.07, 6.45) is 38.7. The average Bonchev–Trinajstić information content (AvgIpc) is 3.17. The van der Waals surface area contributed by atoms with Gasteiger partial charge in [0, 0.05) is 6.42 Å². The van der Waals surface area contributed by atoms with E-state index < -0.39 is 0 Å². The summed E-state index contributed by atoms with van der Waals surface area (Å²) in [6, 6.07) is 0. The lowest BCUT2D eigenvalue weighted by molar-refractivity contribution is -0.678. The van der Waals surface area contributed by atoms with Gasteiger partial charge < -0.3 is 0 Å². The molecule has 2 heteroatoms. The Bertz CT molecular complexity index is 519. The third-order valence-corrected chi connectivity index (χ3v) is 7.47. The van der Waals surface area contributed by atoms with Gasteiger partial charge in [0.05, 0.1) is 13.6 Å². The van der Waals surface area contributed by atoms with Crippen LogP contribution in [0.15, 0.2) is 12.4 Å². The van der Waals surface area contributed by atoms with Crippen LogP contribution in [0.1, 0.15) is 167 Å². The number of aromatic nitrogens is 2. The lowest BCUT2D eigenvalue weighted by Crippen LogP contribution is -2.32. The van der Waals surface area contributed by atoms with Gasteiger partial charge in [-0.15, -0.1) is 0 Å². The van der Waals surface area contributed by atoms with Gasteiger partial charge in [-0.2, -0.15) is 0 Å². The van der Waals surface area contributed by atoms with Gasteiger partial charge in [0.2, 0.25) is 0 Å². The summed E-state index contributed by atoms with van der Waals surface area (Å²) in [5.41, 5.74) is 0. The summed E-state index contributed by atoms with van der Waals surface area (Å²) < 4.78 is 4.89. The maximum atomic E-state index is 2.53. The van der Waals surface area contributed by atoms with Gasteiger partial charge in [0.25, 0.3) is 5.82 Å². The molecule has 0 aliphatic carbocycles. The topological polar surface area (TPSA) is 8.81 Å². The van der Waals surface area contributed by atoms with Crippen molar-refractivity contribution in [2.75, 3.05) is 0 Å². The molecule has 0 unspecified atom stereocenters. The van der Waals surface area contributed by atoms with Crippen LogP contribution in [-0.2, 0) is 20.0 Å². The van der Waals surface area contributed by atoms with E-state index in [1.807, 2.05) is 0 Å². The first-order chi connectivity index (χ1) is 16.3. The first-order valence-corrected chi connectivity index (χ1v) is 15.3. The monoisotopic (exact) mass is 461 g/mol. The molecule has 2 nitrogen and oxygen atoms in total. The molecule has 0 aliphatic rings. The lowest BCUT2D eigenvalue weighted by atomic mass is 10.0. The molecule has 0 radical (unpaired) electrons. The van der Waals surface area contributed by atoms with Crippen molar-refractivity contribution in [1.82, 2.24) is 4.57 Å². The molecule has 0 fully saturated rings. The Morgan fingerprint density at radius 2 is 0.879 bits per heavy atom. The van der Waals surface area contributed by atoms with Crippen LogP contribution in [0.5, 0.6) is 0 Å². The average molecular weight is 462 g/mol. The van der Waals surface area contributed by atoms with Gasteiger partial charge in [-0.05, 0) is 19.3 Å². The Labute approximate surface area is 208 Å². The van der Waals surface area contributed by atoms with Crippen molar-refractivity contribution in [1.29, 1.82) is 0 Å². The van der Waals surface area contributed by atoms with Gasteiger partial charge in [0.1, 0.15) is 12.4 Å². The van der Waals surface area contributed by atoms with Gasteiger partial charge in [-0.25, -0.2) is 9.13 Å². The predicted molar refractivity (Wildman–Crippen MR) is 147 cm³/mol. The standard InChI is InChI=1S/C31H61N2/c1-4-6-8-10-12-14-15-16-17-18-19-21-23-25-27-31-32(3)29-30-33(31)28-26-24-22-20-13-11-9-7-5-2/h29-30H,4-28H2,1-3H3/q+1. The van der Waals surface area contributed by atoms with Crippen LogP contribution >= 0.6 is 0 Å². The molecule has 33 heavy (non-hydrogen) atoms. The first kappa shape index (κ1) is 30.2. The molecule has 1 aromatic heterocycles. The van der Waals surface area contributed by atoms with Crippen LogP contribution in [0.2, 0.25) is 0 Å². The summed E-state index contributed by atoms with van der Waals surface area (Å²) >= 11 is 0. The van der Waals surface area contributed by atoms with E-state index in [2.05, 4.69) is 42.4 Å². The number of nitrogens with zero attached hydrogens (tertiary/aromatic N) is 2. The van der Waals surface area contributed by atoms with E-state index in [0.29, 0.717) is 0 Å². The van der Waals surface area contributed by atoms with E-state index in [-0.39, 0.29) is 0 Å². The van der Waals surface area contributed by atoms with Crippen LogP contribution in [0, 0.1) is 0 Å². The van der Waals surface area contributed by atoms with Crippen molar-refractivity contribution in [3.05, 3.63) is 18.2 Å². The van der Waals surface area contributed by atoms with Gasteiger partial charge in [-0.1, -0.05) is 142 Å². The SMILES string of the molecule is CCCCCCCCCCCCCCCCc1n(CCCCCCCCCCC)cc[n+]1C. The van der Waals surface area contributed by atoms with Gasteiger partial charge >= 0.3 is 0 Å². The van der Waals surface area contributed by atoms with Crippen molar-refractivity contribution in [2.24, 2.45) is 7.05 Å². The quantitative estimate of drug-likeness (QED) is 0.101. The zero-order valence-electron chi connectivity index (χ0n) is 23.2. The Balaban J connectivity index is 1.96. The summed E-state index contributed by atoms with van der Waals surface area (Å²) in [5.74, 6) is 1.54. The van der Waals surface area contributed by atoms with Crippen LogP contribution < -0.4 is 4.57 Å². The predicted octanol–water partition coefficient (Wildman–Crippen LogP) is 9.87. The first-order valence-electron chi connectivity index (χ1n) is 15.3. The molecule has 194 valence electrons. The van der Waals surface area contributed by atoms with E-state index >= 15 is 0 Å². The number of hydrogen-bond acceptors (Lipinski definition) is 0. The second-order valence-corrected chi connectivity index (χ2v) is 10.7. The third kappa shape index (κ3) is 17.3. The molecule has 0 saturated carbocycles. The molecule has 0 spiro atoms. The largest absolute Gasteiger partial charge is 0.256 e. The minimum Gasteiger partial charge on any atom is -0.237 e. The van der Waals surface area contributed by atoms with Crippen LogP contribution in [-0.4, -0.2) is 4.57 Å². The number of hydrogen-bond donors (Lipinski definition) is 0. The van der Waals surface area contributed by atoms with Gasteiger partial charge in [-0.3, -0.25) is 0 Å². The van der Waals surface area contributed by atoms with Crippen molar-refractivity contribution in [2.45, 2.75) is 174 Å². The van der Waals surface area contributed by atoms with E-state index in [1.54, 1.807) is 0 Å². The van der Waals surface area contributed by atoms with Gasteiger partial charge in [0.15, 0.2) is 0 Å². The van der Waals surface area contributed by atoms with Crippen LogP contribution in [0.4, 0.5) is 0 Å². The fourth-order valence-electron chi connectivity index (χ4n) is 5.15. The van der Waals surface area contributed by atoms with Crippen molar-refractivity contribution >= 4 is 0 Å². The van der Waals surface area contributed by atoms with E-state index in [9.17, 15) is 0 Å². The Morgan fingerprint density at radius 1 is 0.515 bits per heavy atom. The fraction of sp³-hybridized carbons (Fsp3) is 0.903. The molecule has 0 aliphatic heterocycles. The summed E-state index contributed by atoms with van der Waals surface area (Å²) in [4.78, 5) is 0. The molecule has 0 atom stereocenters. The van der Waals surface area contributed by atoms with E-state index in [0.717, 1.165) is 0 Å². The molecule has 0 aromatic carbocycles. The highest BCUT2D eigenvalue weighted by molar-refractivity contribution is 4.84. The number of unbranched alkanes of at least 4 members (excludes halogenated alkanes) is 21. The maximum absolute atomic E-state index is 2.53. The van der Waals surface area contributed by atoms with E-state index in [1.165, 1.54) is 166 Å². The Hall–Kier alpha value is -0.790. The summed E-state index contributed by atoms with van der Waals surface area (Å²) in [6.45, 7) is 5.82. The molecular formula is C31H61N2+. The number of imidazole rings is 1. The normalized spacial score (nSPS) is 11.5. The number of rotatable bonds is 25. The third-order valence-electron chi connectivity index (χ3n) is 7.47. The van der Waals surface area contributed by atoms with Crippen molar-refractivity contribution in [3.63, 3.8) is 0 Å². The molecular weight excluding hydrogens is 400 g/mol. The molecule has 1 heterocycles. The van der Waals surface area contributed by atoms with Crippen LogP contribution in [0.3, 0.4) is 0 Å². The highest BCUT2D eigenvalue weighted by Crippen LogP contribution is 2.14. The minimum atomic E-state index is 1.21. The second kappa shape index (κ2) is 23.0. The fourth-order valence-corrected chi connectivity index (χ4v) is 5.15. The molecule has 1 rings (SSSR count).